The highest BCUT2D eigenvalue weighted by Gasteiger charge is 2.08. The Morgan fingerprint density at radius 3 is 3.00 bits per heavy atom. The fourth-order valence-corrected chi connectivity index (χ4v) is 2.35. The second-order valence-corrected chi connectivity index (χ2v) is 4.07. The van der Waals surface area contributed by atoms with E-state index >= 15 is 0 Å². The molecule has 0 saturated heterocycles. The van der Waals surface area contributed by atoms with Crippen molar-refractivity contribution in [3.63, 3.8) is 0 Å². The molecule has 0 amide bonds. The van der Waals surface area contributed by atoms with E-state index in [-0.39, 0.29) is 0 Å². The van der Waals surface area contributed by atoms with Gasteiger partial charge >= 0.3 is 0 Å². The van der Waals surface area contributed by atoms with Crippen molar-refractivity contribution in [2.24, 2.45) is 12.9 Å². The number of hydrogen-bond donors (Lipinski definition) is 1. The Hall–Kier alpha value is -0.840. The summed E-state index contributed by atoms with van der Waals surface area (Å²) >= 11 is 3.52. The Bertz CT molecular complexity index is 464. The quantitative estimate of drug-likeness (QED) is 0.836. The molecular weight excluding hydrogens is 244 g/mol. The highest BCUT2D eigenvalue weighted by Crippen LogP contribution is 2.27. The van der Waals surface area contributed by atoms with Gasteiger partial charge in [-0.15, -0.1) is 0 Å². The van der Waals surface area contributed by atoms with E-state index in [4.69, 9.17) is 5.90 Å². The normalized spacial score (nSPS) is 11.1. The molecule has 4 heteroatoms. The number of aryl methyl sites for hydroxylation is 1. The molecule has 0 aliphatic carbocycles. The lowest BCUT2D eigenvalue weighted by Gasteiger charge is -1.98. The molecule has 0 spiro atoms. The van der Waals surface area contributed by atoms with E-state index in [9.17, 15) is 0 Å². The van der Waals surface area contributed by atoms with E-state index in [0.717, 1.165) is 10.0 Å². The van der Waals surface area contributed by atoms with Gasteiger partial charge in [-0.05, 0) is 22.0 Å². The molecule has 74 valence electrons. The topological polar surface area (TPSA) is 40.2 Å². The number of aromatic nitrogens is 1. The van der Waals surface area contributed by atoms with Crippen LogP contribution >= 0.6 is 15.9 Å². The van der Waals surface area contributed by atoms with E-state index in [1.807, 2.05) is 25.4 Å². The van der Waals surface area contributed by atoms with Crippen LogP contribution in [0.3, 0.4) is 0 Å². The maximum absolute atomic E-state index is 5.08. The second-order valence-electron chi connectivity index (χ2n) is 3.21. The maximum Gasteiger partial charge on any atom is 0.0950 e. The number of nitrogens with zero attached hydrogens (tertiary/aromatic N) is 1. The summed E-state index contributed by atoms with van der Waals surface area (Å²) in [7, 11) is 2.01. The summed E-state index contributed by atoms with van der Waals surface area (Å²) in [5, 5.41) is 1.17. The monoisotopic (exact) mass is 254 g/mol. The van der Waals surface area contributed by atoms with Gasteiger partial charge in [0.1, 0.15) is 0 Å². The molecule has 1 aromatic heterocycles. The van der Waals surface area contributed by atoms with Crippen LogP contribution in [0.1, 0.15) is 5.56 Å². The number of para-hydroxylation sites is 1. The summed E-state index contributed by atoms with van der Waals surface area (Å²) in [6.45, 7) is 0.438. The van der Waals surface area contributed by atoms with Gasteiger partial charge in [0.25, 0.3) is 0 Å². The highest BCUT2D eigenvalue weighted by molar-refractivity contribution is 9.10. The first kappa shape index (κ1) is 9.71. The average Bonchev–Trinajstić information content (AvgIpc) is 2.46. The molecule has 0 atom stereocenters. The molecule has 0 radical (unpaired) electrons. The molecular formula is C10H11BrN2O. The number of nitrogens with two attached hydrogens (primary N) is 1. The van der Waals surface area contributed by atoms with Gasteiger partial charge in [0.15, 0.2) is 0 Å². The Morgan fingerprint density at radius 2 is 2.29 bits per heavy atom. The molecule has 2 rings (SSSR count). The summed E-state index contributed by atoms with van der Waals surface area (Å²) in [6.07, 6.45) is 2.03. The van der Waals surface area contributed by atoms with Crippen LogP contribution in [0.5, 0.6) is 0 Å². The second kappa shape index (κ2) is 3.73. The minimum Gasteiger partial charge on any atom is -0.349 e. The average molecular weight is 255 g/mol. The molecule has 2 aromatic rings. The Kier molecular flexibility index (Phi) is 2.58. The molecule has 1 aromatic carbocycles. The zero-order valence-corrected chi connectivity index (χ0v) is 9.41. The van der Waals surface area contributed by atoms with Crippen molar-refractivity contribution in [1.82, 2.24) is 4.57 Å². The van der Waals surface area contributed by atoms with Crippen LogP contribution in [0, 0.1) is 0 Å². The van der Waals surface area contributed by atoms with Gasteiger partial charge in [-0.2, -0.15) is 0 Å². The van der Waals surface area contributed by atoms with Gasteiger partial charge in [-0.1, -0.05) is 12.1 Å². The molecule has 1 heterocycles. The van der Waals surface area contributed by atoms with Gasteiger partial charge in [0, 0.05) is 28.7 Å². The number of fused-ring (bicyclic) bond motifs is 1. The molecule has 3 nitrogen and oxygen atoms in total. The fraction of sp³-hybridized carbons (Fsp3) is 0.200. The zero-order chi connectivity index (χ0) is 10.1. The zero-order valence-electron chi connectivity index (χ0n) is 7.83. The van der Waals surface area contributed by atoms with Crippen LogP contribution in [0.15, 0.2) is 28.9 Å². The highest BCUT2D eigenvalue weighted by atomic mass is 79.9. The standard InChI is InChI=1S/C10H11BrN2O/c1-13-5-7(6-14-12)8-3-2-4-9(11)10(8)13/h2-5H,6,12H2,1H3. The van der Waals surface area contributed by atoms with Crippen molar-refractivity contribution in [1.29, 1.82) is 0 Å². The van der Waals surface area contributed by atoms with Gasteiger partial charge < -0.3 is 4.57 Å². The Balaban J connectivity index is 2.71. The fourth-order valence-electron chi connectivity index (χ4n) is 1.71. The van der Waals surface area contributed by atoms with Gasteiger partial charge in [0.2, 0.25) is 0 Å². The van der Waals surface area contributed by atoms with E-state index in [1.54, 1.807) is 0 Å². The summed E-state index contributed by atoms with van der Waals surface area (Å²) in [6, 6.07) is 6.09. The van der Waals surface area contributed by atoms with E-state index in [0.29, 0.717) is 6.61 Å². The van der Waals surface area contributed by atoms with Crippen molar-refractivity contribution >= 4 is 26.8 Å². The Morgan fingerprint density at radius 1 is 1.50 bits per heavy atom. The molecule has 0 saturated carbocycles. The van der Waals surface area contributed by atoms with Crippen molar-refractivity contribution < 1.29 is 4.84 Å². The van der Waals surface area contributed by atoms with Crippen LogP contribution in [0.2, 0.25) is 0 Å². The Labute approximate surface area is 90.5 Å². The molecule has 0 fully saturated rings. The summed E-state index contributed by atoms with van der Waals surface area (Å²) in [4.78, 5) is 4.66. The van der Waals surface area contributed by atoms with Crippen molar-refractivity contribution in [2.75, 3.05) is 0 Å². The van der Waals surface area contributed by atoms with Crippen LogP contribution < -0.4 is 5.90 Å². The number of hydrogen-bond acceptors (Lipinski definition) is 2. The van der Waals surface area contributed by atoms with Crippen LogP contribution in [-0.2, 0) is 18.5 Å². The molecule has 0 aliphatic rings. The molecule has 0 bridgehead atoms. The van der Waals surface area contributed by atoms with Gasteiger partial charge in [-0.25, -0.2) is 5.90 Å². The smallest absolute Gasteiger partial charge is 0.0950 e. The predicted molar refractivity (Wildman–Crippen MR) is 59.6 cm³/mol. The first-order valence-electron chi connectivity index (χ1n) is 4.28. The van der Waals surface area contributed by atoms with Crippen molar-refractivity contribution in [2.45, 2.75) is 6.61 Å². The number of halogens is 1. The molecule has 0 aliphatic heterocycles. The molecule has 2 N–H and O–H groups in total. The minimum absolute atomic E-state index is 0.438. The van der Waals surface area contributed by atoms with Gasteiger partial charge in [0.05, 0.1) is 12.1 Å². The number of benzene rings is 1. The summed E-state index contributed by atoms with van der Waals surface area (Å²) in [5.41, 5.74) is 2.27. The largest absolute Gasteiger partial charge is 0.349 e. The third kappa shape index (κ3) is 1.45. The van der Waals surface area contributed by atoms with Crippen LogP contribution in [-0.4, -0.2) is 4.57 Å². The first-order chi connectivity index (χ1) is 6.74. The lowest BCUT2D eigenvalue weighted by molar-refractivity contribution is 0.125. The summed E-state index contributed by atoms with van der Waals surface area (Å²) < 4.78 is 3.15. The van der Waals surface area contributed by atoms with Crippen molar-refractivity contribution in [3.8, 4) is 0 Å². The lowest BCUT2D eigenvalue weighted by atomic mass is 10.2. The molecule has 0 unspecified atom stereocenters. The van der Waals surface area contributed by atoms with E-state index in [2.05, 4.69) is 31.4 Å². The SMILES string of the molecule is Cn1cc(CON)c2cccc(Br)c21. The predicted octanol–water partition coefficient (Wildman–Crippen LogP) is 2.33. The van der Waals surface area contributed by atoms with Crippen LogP contribution in [0.25, 0.3) is 10.9 Å². The van der Waals surface area contributed by atoms with E-state index < -0.39 is 0 Å². The van der Waals surface area contributed by atoms with E-state index in [1.165, 1.54) is 10.9 Å². The maximum atomic E-state index is 5.08. The first-order valence-corrected chi connectivity index (χ1v) is 5.07. The minimum atomic E-state index is 0.438. The number of rotatable bonds is 2. The third-order valence-electron chi connectivity index (χ3n) is 2.27. The third-order valence-corrected chi connectivity index (χ3v) is 2.91. The van der Waals surface area contributed by atoms with Crippen LogP contribution in [0.4, 0.5) is 0 Å². The molecule has 14 heavy (non-hydrogen) atoms. The van der Waals surface area contributed by atoms with Gasteiger partial charge in [-0.3, -0.25) is 4.84 Å². The summed E-state index contributed by atoms with van der Waals surface area (Å²) in [5.74, 6) is 5.08. The van der Waals surface area contributed by atoms with Crippen molar-refractivity contribution in [3.05, 3.63) is 34.4 Å². The lowest BCUT2D eigenvalue weighted by Crippen LogP contribution is -1.97.